The van der Waals surface area contributed by atoms with E-state index in [2.05, 4.69) is 38.9 Å². The number of amides is 1. The average molecular weight is 434 g/mol. The number of carbonyl (C=O) groups is 1. The highest BCUT2D eigenvalue weighted by Gasteiger charge is 2.16. The smallest absolute Gasteiger partial charge is 0.289 e. The topological polar surface area (TPSA) is 79.4 Å². The van der Waals surface area contributed by atoms with E-state index in [1.54, 1.807) is 13.2 Å². The van der Waals surface area contributed by atoms with Crippen molar-refractivity contribution < 1.29 is 9.53 Å². The Morgan fingerprint density at radius 1 is 0.909 bits per heavy atom. The van der Waals surface area contributed by atoms with E-state index in [-0.39, 0.29) is 5.91 Å². The summed E-state index contributed by atoms with van der Waals surface area (Å²) in [4.78, 5) is 12.7. The number of hydrogen-bond acceptors (Lipinski definition) is 4. The highest BCUT2D eigenvalue weighted by molar-refractivity contribution is 6.04. The molecule has 1 heterocycles. The van der Waals surface area contributed by atoms with Gasteiger partial charge in [0.25, 0.3) is 5.91 Å². The molecule has 5 aromatic rings. The van der Waals surface area contributed by atoms with Crippen molar-refractivity contribution in [3.8, 4) is 17.0 Å². The van der Waals surface area contributed by atoms with Gasteiger partial charge in [0.15, 0.2) is 0 Å². The number of H-pyrrole nitrogens is 1. The Labute approximate surface area is 190 Å². The van der Waals surface area contributed by atoms with Crippen LogP contribution in [0.3, 0.4) is 0 Å². The fraction of sp³-hybridized carbons (Fsp3) is 0.0741. The van der Waals surface area contributed by atoms with Crippen LogP contribution < -0.4 is 10.2 Å². The normalized spacial score (nSPS) is 11.6. The van der Waals surface area contributed by atoms with Gasteiger partial charge >= 0.3 is 0 Å². The first-order chi connectivity index (χ1) is 16.1. The summed E-state index contributed by atoms with van der Waals surface area (Å²) in [6, 6.07) is 27.8. The van der Waals surface area contributed by atoms with Crippen molar-refractivity contribution in [2.24, 2.45) is 5.10 Å². The van der Waals surface area contributed by atoms with Gasteiger partial charge in [-0.25, -0.2) is 5.43 Å². The van der Waals surface area contributed by atoms with Crippen molar-refractivity contribution in [2.75, 3.05) is 7.11 Å². The predicted molar refractivity (Wildman–Crippen MR) is 132 cm³/mol. The van der Waals surface area contributed by atoms with Crippen molar-refractivity contribution in [3.63, 3.8) is 0 Å². The maximum absolute atomic E-state index is 12.7. The third-order valence-corrected chi connectivity index (χ3v) is 5.68. The van der Waals surface area contributed by atoms with E-state index in [1.165, 1.54) is 0 Å². The second kappa shape index (κ2) is 8.59. The highest BCUT2D eigenvalue weighted by atomic mass is 16.5. The molecule has 0 unspecified atom stereocenters. The van der Waals surface area contributed by atoms with E-state index < -0.39 is 0 Å². The molecule has 0 aliphatic carbocycles. The Bertz CT molecular complexity index is 1520. The van der Waals surface area contributed by atoms with Crippen molar-refractivity contribution in [2.45, 2.75) is 6.92 Å². The second-order valence-corrected chi connectivity index (χ2v) is 7.73. The summed E-state index contributed by atoms with van der Waals surface area (Å²) in [5, 5.41) is 15.8. The largest absolute Gasteiger partial charge is 0.496 e. The Hall–Kier alpha value is -4.45. The second-order valence-electron chi connectivity index (χ2n) is 7.73. The summed E-state index contributed by atoms with van der Waals surface area (Å²) in [7, 11) is 1.62. The zero-order chi connectivity index (χ0) is 22.8. The van der Waals surface area contributed by atoms with Crippen LogP contribution in [-0.4, -0.2) is 28.9 Å². The molecule has 0 spiro atoms. The molecule has 0 radical (unpaired) electrons. The lowest BCUT2D eigenvalue weighted by molar-refractivity contribution is 0.0950. The molecule has 1 aromatic heterocycles. The number of rotatable bonds is 5. The van der Waals surface area contributed by atoms with Crippen LogP contribution in [0.15, 0.2) is 90.0 Å². The van der Waals surface area contributed by atoms with Crippen molar-refractivity contribution >= 4 is 33.2 Å². The minimum Gasteiger partial charge on any atom is -0.496 e. The Kier molecular flexibility index (Phi) is 5.32. The first-order valence-electron chi connectivity index (χ1n) is 10.6. The molecule has 4 aromatic carbocycles. The molecule has 2 N–H and O–H groups in total. The number of ether oxygens (including phenoxy) is 1. The van der Waals surface area contributed by atoms with Crippen LogP contribution in [0, 0.1) is 0 Å². The van der Waals surface area contributed by atoms with E-state index in [9.17, 15) is 4.79 Å². The number of carbonyl (C=O) groups excluding carboxylic acids is 1. The monoisotopic (exact) mass is 434 g/mol. The van der Waals surface area contributed by atoms with E-state index in [0.717, 1.165) is 32.7 Å². The van der Waals surface area contributed by atoms with Crippen LogP contribution in [0.4, 0.5) is 0 Å². The molecular formula is C27H22N4O2. The Morgan fingerprint density at radius 3 is 2.45 bits per heavy atom. The molecular weight excluding hydrogens is 412 g/mol. The van der Waals surface area contributed by atoms with E-state index >= 15 is 0 Å². The molecule has 0 bridgehead atoms. The lowest BCUT2D eigenvalue weighted by Crippen LogP contribution is -2.19. The van der Waals surface area contributed by atoms with Gasteiger partial charge in [0.1, 0.15) is 11.4 Å². The number of hydrogen-bond donors (Lipinski definition) is 2. The summed E-state index contributed by atoms with van der Waals surface area (Å²) in [5.74, 6) is 0.324. The number of nitrogens with one attached hydrogen (secondary N) is 2. The third kappa shape index (κ3) is 3.94. The summed E-state index contributed by atoms with van der Waals surface area (Å²) >= 11 is 0. The molecule has 0 fully saturated rings. The van der Waals surface area contributed by atoms with Gasteiger partial charge in [0.05, 0.1) is 24.1 Å². The lowest BCUT2D eigenvalue weighted by Gasteiger charge is -2.09. The van der Waals surface area contributed by atoms with E-state index in [0.29, 0.717) is 22.8 Å². The minimum absolute atomic E-state index is 0.315. The zero-order valence-corrected chi connectivity index (χ0v) is 18.3. The van der Waals surface area contributed by atoms with Crippen LogP contribution in [0.2, 0.25) is 0 Å². The minimum atomic E-state index is -0.368. The van der Waals surface area contributed by atoms with Gasteiger partial charge in [-0.15, -0.1) is 0 Å². The molecule has 0 aliphatic heterocycles. The fourth-order valence-electron chi connectivity index (χ4n) is 3.93. The zero-order valence-electron chi connectivity index (χ0n) is 18.3. The molecule has 5 rings (SSSR count). The van der Waals surface area contributed by atoms with Crippen molar-refractivity contribution in [3.05, 3.63) is 96.2 Å². The number of fused-ring (bicyclic) bond motifs is 2. The van der Waals surface area contributed by atoms with Crippen LogP contribution in [0.25, 0.3) is 32.8 Å². The molecule has 0 atom stereocenters. The van der Waals surface area contributed by atoms with Gasteiger partial charge in [-0.2, -0.15) is 10.2 Å². The molecule has 0 saturated heterocycles. The van der Waals surface area contributed by atoms with Crippen molar-refractivity contribution in [1.29, 1.82) is 0 Å². The number of nitrogens with zero attached hydrogens (tertiary/aromatic N) is 2. The highest BCUT2D eigenvalue weighted by Crippen LogP contribution is 2.36. The van der Waals surface area contributed by atoms with Gasteiger partial charge in [-0.3, -0.25) is 9.89 Å². The number of methoxy groups -OCH3 is 1. The van der Waals surface area contributed by atoms with Crippen LogP contribution in [0.5, 0.6) is 5.75 Å². The maximum Gasteiger partial charge on any atom is 0.289 e. The predicted octanol–water partition coefficient (Wildman–Crippen LogP) is 5.55. The fourth-order valence-corrected chi connectivity index (χ4v) is 3.93. The molecule has 0 aliphatic rings. The van der Waals surface area contributed by atoms with E-state index in [1.807, 2.05) is 67.6 Å². The third-order valence-electron chi connectivity index (χ3n) is 5.68. The van der Waals surface area contributed by atoms with Crippen LogP contribution >= 0.6 is 0 Å². The summed E-state index contributed by atoms with van der Waals surface area (Å²) in [6.07, 6.45) is 0. The van der Waals surface area contributed by atoms with Gasteiger partial charge in [-0.05, 0) is 52.2 Å². The molecule has 1 amide bonds. The Morgan fingerprint density at radius 2 is 1.64 bits per heavy atom. The van der Waals surface area contributed by atoms with Gasteiger partial charge in [-0.1, -0.05) is 66.7 Å². The SMILES string of the molecule is COc1ccc2ccccc2c1-c1cc(C(=O)N/N=C(\C)c2ccc3ccccc3c2)[nH]n1. The first-order valence-corrected chi connectivity index (χ1v) is 10.6. The number of aromatic nitrogens is 2. The summed E-state index contributed by atoms with van der Waals surface area (Å²) in [6.45, 7) is 1.86. The molecule has 0 saturated carbocycles. The molecule has 6 nitrogen and oxygen atoms in total. The summed E-state index contributed by atoms with van der Waals surface area (Å²) < 4.78 is 5.56. The quantitative estimate of drug-likeness (QED) is 0.281. The standard InChI is InChI=1S/C27H22N4O2/c1-17(20-12-11-18-7-3-4-9-21(18)15-20)28-31-27(32)24-16-23(29-30-24)26-22-10-6-5-8-19(22)13-14-25(26)33-2/h3-16H,1-2H3,(H,29,30)(H,31,32)/b28-17+. The molecule has 6 heteroatoms. The average Bonchev–Trinajstić information content (AvgIpc) is 3.36. The van der Waals surface area contributed by atoms with E-state index in [4.69, 9.17) is 4.74 Å². The van der Waals surface area contributed by atoms with Crippen LogP contribution in [0.1, 0.15) is 23.0 Å². The number of hydrazone groups is 1. The first kappa shape index (κ1) is 20.5. The Balaban J connectivity index is 1.40. The van der Waals surface area contributed by atoms with Crippen molar-refractivity contribution in [1.82, 2.24) is 15.6 Å². The summed E-state index contributed by atoms with van der Waals surface area (Å²) in [5.41, 5.74) is 6.06. The molecule has 33 heavy (non-hydrogen) atoms. The number of aromatic amines is 1. The number of benzene rings is 4. The van der Waals surface area contributed by atoms with Crippen LogP contribution in [-0.2, 0) is 0 Å². The maximum atomic E-state index is 12.7. The van der Waals surface area contributed by atoms with Gasteiger partial charge in [0.2, 0.25) is 0 Å². The lowest BCUT2D eigenvalue weighted by atomic mass is 10.0. The van der Waals surface area contributed by atoms with Gasteiger partial charge < -0.3 is 4.74 Å². The van der Waals surface area contributed by atoms with Gasteiger partial charge in [0, 0.05) is 0 Å². The molecule has 162 valence electrons.